The van der Waals surface area contributed by atoms with E-state index in [2.05, 4.69) is 9.97 Å². The quantitative estimate of drug-likeness (QED) is 0.510. The fourth-order valence-electron chi connectivity index (χ4n) is 2.94. The standard InChI is InChI=1S/C21H22N4O5/c1-28-16-8-13(7-15-10-24-21(23)25-19(15)22)9-17(18(16)29-2)30-11-12-4-3-5-14(6-12)20(26)27/h3-6,8-10H,7,11H2,1-2H3,(H,26,27)(H4,22,23,24,25). The van der Waals surface area contributed by atoms with Gasteiger partial charge >= 0.3 is 5.97 Å². The van der Waals surface area contributed by atoms with Crippen LogP contribution in [-0.4, -0.2) is 35.3 Å². The Hall–Kier alpha value is -4.01. The molecule has 156 valence electrons. The zero-order chi connectivity index (χ0) is 21.7. The molecule has 0 aliphatic carbocycles. The lowest BCUT2D eigenvalue weighted by Gasteiger charge is -2.16. The van der Waals surface area contributed by atoms with E-state index in [1.807, 2.05) is 6.07 Å². The number of nitrogen functional groups attached to an aromatic ring is 2. The molecule has 30 heavy (non-hydrogen) atoms. The predicted octanol–water partition coefficient (Wildman–Crippen LogP) is 2.53. The second kappa shape index (κ2) is 8.99. The van der Waals surface area contributed by atoms with Gasteiger partial charge in [0.15, 0.2) is 11.5 Å². The molecule has 0 spiro atoms. The highest BCUT2D eigenvalue weighted by molar-refractivity contribution is 5.87. The number of benzene rings is 2. The van der Waals surface area contributed by atoms with Crippen molar-refractivity contribution in [2.24, 2.45) is 0 Å². The van der Waals surface area contributed by atoms with Crippen LogP contribution in [0.4, 0.5) is 11.8 Å². The van der Waals surface area contributed by atoms with Crippen LogP contribution in [0.15, 0.2) is 42.6 Å². The number of nitrogens with two attached hydrogens (primary N) is 2. The third-order valence-corrected chi connectivity index (χ3v) is 4.38. The fourth-order valence-corrected chi connectivity index (χ4v) is 2.94. The molecule has 0 unspecified atom stereocenters. The van der Waals surface area contributed by atoms with Crippen molar-refractivity contribution in [3.05, 3.63) is 64.8 Å². The Bertz CT molecular complexity index is 1070. The Morgan fingerprint density at radius 3 is 2.50 bits per heavy atom. The zero-order valence-corrected chi connectivity index (χ0v) is 16.6. The van der Waals surface area contributed by atoms with Gasteiger partial charge < -0.3 is 30.8 Å². The van der Waals surface area contributed by atoms with Gasteiger partial charge in [0.05, 0.1) is 19.8 Å². The summed E-state index contributed by atoms with van der Waals surface area (Å²) in [5.41, 5.74) is 13.9. The first kappa shape index (κ1) is 20.7. The van der Waals surface area contributed by atoms with Crippen molar-refractivity contribution >= 4 is 17.7 Å². The molecular formula is C21H22N4O5. The van der Waals surface area contributed by atoms with Gasteiger partial charge in [-0.2, -0.15) is 4.98 Å². The second-order valence-electron chi connectivity index (χ2n) is 6.44. The van der Waals surface area contributed by atoms with Crippen molar-refractivity contribution in [2.75, 3.05) is 25.7 Å². The van der Waals surface area contributed by atoms with E-state index in [0.717, 1.165) is 5.56 Å². The van der Waals surface area contributed by atoms with Crippen LogP contribution in [0.2, 0.25) is 0 Å². The Labute approximate surface area is 173 Å². The van der Waals surface area contributed by atoms with E-state index in [1.165, 1.54) is 20.3 Å². The van der Waals surface area contributed by atoms with Crippen LogP contribution in [-0.2, 0) is 13.0 Å². The third-order valence-electron chi connectivity index (χ3n) is 4.38. The van der Waals surface area contributed by atoms with Gasteiger partial charge in [-0.25, -0.2) is 9.78 Å². The monoisotopic (exact) mass is 410 g/mol. The first-order valence-electron chi connectivity index (χ1n) is 8.98. The number of carboxylic acid groups (broad SMARTS) is 1. The summed E-state index contributed by atoms with van der Waals surface area (Å²) in [6.45, 7) is 0.150. The van der Waals surface area contributed by atoms with Crippen molar-refractivity contribution in [3.63, 3.8) is 0 Å². The predicted molar refractivity (Wildman–Crippen MR) is 111 cm³/mol. The highest BCUT2D eigenvalue weighted by Crippen LogP contribution is 2.39. The number of aromatic carboxylic acids is 1. The molecular weight excluding hydrogens is 388 g/mol. The van der Waals surface area contributed by atoms with Crippen LogP contribution in [0.1, 0.15) is 27.0 Å². The maximum Gasteiger partial charge on any atom is 0.335 e. The topological polar surface area (TPSA) is 143 Å². The number of methoxy groups -OCH3 is 2. The lowest BCUT2D eigenvalue weighted by Crippen LogP contribution is -2.05. The number of ether oxygens (including phenoxy) is 3. The molecule has 9 nitrogen and oxygen atoms in total. The number of nitrogens with zero attached hydrogens (tertiary/aromatic N) is 2. The van der Waals surface area contributed by atoms with E-state index in [4.69, 9.17) is 30.8 Å². The van der Waals surface area contributed by atoms with Crippen LogP contribution in [0.3, 0.4) is 0 Å². The number of hydrogen-bond donors (Lipinski definition) is 3. The minimum Gasteiger partial charge on any atom is -0.493 e. The second-order valence-corrected chi connectivity index (χ2v) is 6.44. The van der Waals surface area contributed by atoms with Gasteiger partial charge in [-0.3, -0.25) is 0 Å². The summed E-state index contributed by atoms with van der Waals surface area (Å²) in [6, 6.07) is 10.1. The van der Waals surface area contributed by atoms with Gasteiger partial charge in [-0.1, -0.05) is 12.1 Å². The molecule has 2 aromatic carbocycles. The van der Waals surface area contributed by atoms with E-state index in [9.17, 15) is 4.79 Å². The van der Waals surface area contributed by atoms with E-state index in [-0.39, 0.29) is 18.1 Å². The molecule has 0 atom stereocenters. The van der Waals surface area contributed by atoms with Gasteiger partial charge in [0.25, 0.3) is 0 Å². The van der Waals surface area contributed by atoms with Crippen LogP contribution < -0.4 is 25.7 Å². The molecule has 0 saturated carbocycles. The molecule has 3 rings (SSSR count). The average Bonchev–Trinajstić information content (AvgIpc) is 2.74. The number of carbonyl (C=O) groups is 1. The van der Waals surface area contributed by atoms with Crippen LogP contribution in [0.5, 0.6) is 17.2 Å². The SMILES string of the molecule is COc1cc(Cc2cnc(N)nc2N)cc(OCc2cccc(C(=O)O)c2)c1OC. The zero-order valence-electron chi connectivity index (χ0n) is 16.6. The number of hydrogen-bond acceptors (Lipinski definition) is 8. The van der Waals surface area contributed by atoms with Crippen LogP contribution >= 0.6 is 0 Å². The molecule has 0 aliphatic rings. The normalized spacial score (nSPS) is 10.5. The van der Waals surface area contributed by atoms with Gasteiger partial charge in [-0.05, 0) is 35.4 Å². The maximum atomic E-state index is 11.2. The largest absolute Gasteiger partial charge is 0.493 e. The van der Waals surface area contributed by atoms with Crippen LogP contribution in [0, 0.1) is 0 Å². The summed E-state index contributed by atoms with van der Waals surface area (Å²) in [7, 11) is 3.05. The Balaban J connectivity index is 1.89. The fraction of sp³-hybridized carbons (Fsp3) is 0.190. The van der Waals surface area contributed by atoms with Crippen LogP contribution in [0.25, 0.3) is 0 Å². The maximum absolute atomic E-state index is 11.2. The molecule has 1 aromatic heterocycles. The van der Waals surface area contributed by atoms with E-state index in [0.29, 0.717) is 40.6 Å². The lowest BCUT2D eigenvalue weighted by atomic mass is 10.1. The molecule has 0 amide bonds. The number of aromatic nitrogens is 2. The molecule has 0 aliphatic heterocycles. The lowest BCUT2D eigenvalue weighted by molar-refractivity contribution is 0.0696. The van der Waals surface area contributed by atoms with Crippen molar-refractivity contribution in [1.29, 1.82) is 0 Å². The molecule has 3 aromatic rings. The van der Waals surface area contributed by atoms with Crippen molar-refractivity contribution < 1.29 is 24.1 Å². The molecule has 0 radical (unpaired) electrons. The summed E-state index contributed by atoms with van der Waals surface area (Å²) in [5.74, 6) is 0.765. The molecule has 1 heterocycles. The Morgan fingerprint density at radius 1 is 1.07 bits per heavy atom. The highest BCUT2D eigenvalue weighted by Gasteiger charge is 2.16. The highest BCUT2D eigenvalue weighted by atomic mass is 16.5. The van der Waals surface area contributed by atoms with E-state index in [1.54, 1.807) is 30.5 Å². The summed E-state index contributed by atoms with van der Waals surface area (Å²) in [4.78, 5) is 19.1. The molecule has 0 saturated heterocycles. The Morgan fingerprint density at radius 2 is 1.83 bits per heavy atom. The molecule has 0 bridgehead atoms. The molecule has 0 fully saturated rings. The van der Waals surface area contributed by atoms with E-state index >= 15 is 0 Å². The Kier molecular flexibility index (Phi) is 6.21. The summed E-state index contributed by atoms with van der Waals surface area (Å²) < 4.78 is 16.8. The molecule has 5 N–H and O–H groups in total. The van der Waals surface area contributed by atoms with E-state index < -0.39 is 5.97 Å². The minimum atomic E-state index is -0.999. The van der Waals surface area contributed by atoms with Gasteiger partial charge in [0, 0.05) is 18.2 Å². The third kappa shape index (κ3) is 4.69. The minimum absolute atomic E-state index is 0.108. The first-order chi connectivity index (χ1) is 14.4. The summed E-state index contributed by atoms with van der Waals surface area (Å²) in [5, 5.41) is 9.16. The number of rotatable bonds is 8. The average molecular weight is 410 g/mol. The number of anilines is 2. The summed E-state index contributed by atoms with van der Waals surface area (Å²) >= 11 is 0. The smallest absolute Gasteiger partial charge is 0.335 e. The number of carboxylic acids is 1. The molecule has 9 heteroatoms. The van der Waals surface area contributed by atoms with Crippen molar-refractivity contribution in [1.82, 2.24) is 9.97 Å². The van der Waals surface area contributed by atoms with Gasteiger partial charge in [-0.15, -0.1) is 0 Å². The summed E-state index contributed by atoms with van der Waals surface area (Å²) in [6.07, 6.45) is 2.00. The first-order valence-corrected chi connectivity index (χ1v) is 8.98. The van der Waals surface area contributed by atoms with Gasteiger partial charge in [0.1, 0.15) is 12.4 Å². The van der Waals surface area contributed by atoms with Gasteiger partial charge in [0.2, 0.25) is 11.7 Å². The van der Waals surface area contributed by atoms with Crippen molar-refractivity contribution in [3.8, 4) is 17.2 Å². The van der Waals surface area contributed by atoms with Crippen molar-refractivity contribution in [2.45, 2.75) is 13.0 Å².